The van der Waals surface area contributed by atoms with Crippen molar-refractivity contribution in [1.29, 1.82) is 0 Å². The second-order valence-corrected chi connectivity index (χ2v) is 5.81. The van der Waals surface area contributed by atoms with Gasteiger partial charge in [-0.25, -0.2) is 4.39 Å². The first-order chi connectivity index (χ1) is 10.2. The molecule has 0 unspecified atom stereocenters. The number of hydrogen-bond acceptors (Lipinski definition) is 1. The maximum absolute atomic E-state index is 13.3. The predicted octanol–water partition coefficient (Wildman–Crippen LogP) is 5.01. The van der Waals surface area contributed by atoms with Crippen LogP contribution in [0.15, 0.2) is 36.4 Å². The van der Waals surface area contributed by atoms with E-state index in [1.54, 1.807) is 18.2 Å². The molecule has 0 aliphatic carbocycles. The van der Waals surface area contributed by atoms with E-state index in [2.05, 4.69) is 27.9 Å². The lowest BCUT2D eigenvalue weighted by Gasteiger charge is -2.10. The monoisotopic (exact) mass is 423 g/mol. The van der Waals surface area contributed by atoms with Crippen LogP contribution >= 0.6 is 22.6 Å². The fraction of sp³-hybridized carbons (Fsp3) is 0.133. The zero-order valence-electron chi connectivity index (χ0n) is 11.3. The Balaban J connectivity index is 2.29. The summed E-state index contributed by atoms with van der Waals surface area (Å²) in [5, 5.41) is 2.45. The van der Waals surface area contributed by atoms with E-state index >= 15 is 0 Å². The van der Waals surface area contributed by atoms with Gasteiger partial charge in [0.25, 0.3) is 5.91 Å². The van der Waals surface area contributed by atoms with E-state index in [1.807, 2.05) is 6.92 Å². The molecule has 0 heterocycles. The van der Waals surface area contributed by atoms with E-state index in [1.165, 1.54) is 0 Å². The first-order valence-corrected chi connectivity index (χ1v) is 7.20. The number of alkyl halides is 3. The first kappa shape index (κ1) is 16.7. The van der Waals surface area contributed by atoms with Crippen LogP contribution in [0, 0.1) is 16.3 Å². The maximum atomic E-state index is 13.3. The first-order valence-electron chi connectivity index (χ1n) is 6.12. The highest BCUT2D eigenvalue weighted by Crippen LogP contribution is 2.30. The molecule has 2 rings (SSSR count). The summed E-state index contributed by atoms with van der Waals surface area (Å²) in [6.07, 6.45) is -4.71. The van der Waals surface area contributed by atoms with Crippen LogP contribution in [-0.4, -0.2) is 5.91 Å². The van der Waals surface area contributed by atoms with Crippen molar-refractivity contribution in [1.82, 2.24) is 0 Å². The molecule has 1 N–H and O–H groups in total. The third-order valence-electron chi connectivity index (χ3n) is 2.92. The molecule has 0 bridgehead atoms. The molecule has 0 aliphatic rings. The Hall–Kier alpha value is -1.64. The second-order valence-electron chi connectivity index (χ2n) is 4.64. The van der Waals surface area contributed by atoms with Gasteiger partial charge in [-0.2, -0.15) is 13.2 Å². The summed E-state index contributed by atoms with van der Waals surface area (Å²) in [5.74, 6) is -1.91. The maximum Gasteiger partial charge on any atom is 0.416 e. The molecule has 0 aliphatic heterocycles. The van der Waals surface area contributed by atoms with E-state index < -0.39 is 23.5 Å². The Morgan fingerprint density at radius 3 is 2.41 bits per heavy atom. The fourth-order valence-corrected chi connectivity index (χ4v) is 2.27. The minimum absolute atomic E-state index is 0.353. The molecule has 0 aromatic heterocycles. The molecule has 0 spiro atoms. The molecule has 0 atom stereocenters. The Kier molecular flexibility index (Phi) is 4.74. The molecule has 2 nitrogen and oxygen atoms in total. The zero-order valence-corrected chi connectivity index (χ0v) is 13.4. The smallest absolute Gasteiger partial charge is 0.322 e. The average molecular weight is 423 g/mol. The number of halogens is 5. The fourth-order valence-electron chi connectivity index (χ4n) is 1.76. The van der Waals surface area contributed by atoms with Crippen LogP contribution in [-0.2, 0) is 6.18 Å². The normalized spacial score (nSPS) is 11.4. The van der Waals surface area contributed by atoms with Crippen molar-refractivity contribution >= 4 is 34.2 Å². The van der Waals surface area contributed by atoms with Crippen molar-refractivity contribution in [2.24, 2.45) is 0 Å². The summed E-state index contributed by atoms with van der Waals surface area (Å²) in [6.45, 7) is 1.88. The number of amides is 1. The van der Waals surface area contributed by atoms with Gasteiger partial charge in [-0.15, -0.1) is 0 Å². The summed E-state index contributed by atoms with van der Waals surface area (Å²) >= 11 is 2.07. The minimum atomic E-state index is -4.71. The summed E-state index contributed by atoms with van der Waals surface area (Å²) in [7, 11) is 0. The minimum Gasteiger partial charge on any atom is -0.322 e. The van der Waals surface area contributed by atoms with Crippen LogP contribution in [0.2, 0.25) is 0 Å². The zero-order chi connectivity index (χ0) is 16.5. The van der Waals surface area contributed by atoms with Crippen molar-refractivity contribution in [3.05, 3.63) is 62.5 Å². The quantitative estimate of drug-likeness (QED) is 0.534. The molecule has 2 aromatic carbocycles. The molecule has 22 heavy (non-hydrogen) atoms. The number of hydrogen-bond donors (Lipinski definition) is 1. The third-order valence-corrected chi connectivity index (χ3v) is 4.08. The predicted molar refractivity (Wildman–Crippen MR) is 83.3 cm³/mol. The van der Waals surface area contributed by atoms with Crippen LogP contribution in [0.1, 0.15) is 21.5 Å². The van der Waals surface area contributed by atoms with Crippen LogP contribution in [0.3, 0.4) is 0 Å². The van der Waals surface area contributed by atoms with Crippen LogP contribution in [0.5, 0.6) is 0 Å². The molecule has 0 fully saturated rings. The molecule has 0 radical (unpaired) electrons. The number of carbonyl (C=O) groups excluding carboxylic acids is 1. The van der Waals surface area contributed by atoms with Crippen molar-refractivity contribution < 1.29 is 22.4 Å². The van der Waals surface area contributed by atoms with Crippen molar-refractivity contribution in [3.63, 3.8) is 0 Å². The number of aryl methyl sites for hydroxylation is 1. The van der Waals surface area contributed by atoms with Gasteiger partial charge >= 0.3 is 6.18 Å². The van der Waals surface area contributed by atoms with Gasteiger partial charge in [0.1, 0.15) is 5.82 Å². The summed E-state index contributed by atoms with van der Waals surface area (Å²) in [6, 6.07) is 6.81. The molecular formula is C15H10F4INO. The SMILES string of the molecule is Cc1ccc(NC(=O)c2cc(F)cc(C(F)(F)F)c2)cc1I. The lowest BCUT2D eigenvalue weighted by Crippen LogP contribution is -2.14. The summed E-state index contributed by atoms with van der Waals surface area (Å²) in [5.41, 5.74) is -0.152. The molecule has 2 aromatic rings. The average Bonchev–Trinajstić information content (AvgIpc) is 2.41. The van der Waals surface area contributed by atoms with E-state index in [-0.39, 0.29) is 5.56 Å². The Bertz CT molecular complexity index is 728. The van der Waals surface area contributed by atoms with Gasteiger partial charge in [0, 0.05) is 14.8 Å². The molecular weight excluding hydrogens is 413 g/mol. The Morgan fingerprint density at radius 1 is 1.14 bits per heavy atom. The topological polar surface area (TPSA) is 29.1 Å². The highest BCUT2D eigenvalue weighted by molar-refractivity contribution is 14.1. The van der Waals surface area contributed by atoms with Gasteiger partial charge in [0.15, 0.2) is 0 Å². The number of rotatable bonds is 2. The van der Waals surface area contributed by atoms with Crippen molar-refractivity contribution in [2.75, 3.05) is 5.32 Å². The molecule has 1 amide bonds. The van der Waals surface area contributed by atoms with Gasteiger partial charge in [-0.3, -0.25) is 4.79 Å². The lowest BCUT2D eigenvalue weighted by molar-refractivity contribution is -0.137. The number of anilines is 1. The highest BCUT2D eigenvalue weighted by atomic mass is 127. The second kappa shape index (κ2) is 6.23. The number of benzene rings is 2. The molecule has 0 saturated carbocycles. The van der Waals surface area contributed by atoms with E-state index in [0.29, 0.717) is 17.8 Å². The van der Waals surface area contributed by atoms with Crippen molar-refractivity contribution in [2.45, 2.75) is 13.1 Å². The lowest BCUT2D eigenvalue weighted by atomic mass is 10.1. The Labute approximate surface area is 137 Å². The molecule has 0 saturated heterocycles. The van der Waals surface area contributed by atoms with Gasteiger partial charge in [0.2, 0.25) is 0 Å². The van der Waals surface area contributed by atoms with E-state index in [9.17, 15) is 22.4 Å². The van der Waals surface area contributed by atoms with Crippen LogP contribution in [0.25, 0.3) is 0 Å². The van der Waals surface area contributed by atoms with Crippen LogP contribution in [0.4, 0.5) is 23.2 Å². The summed E-state index contributed by atoms with van der Waals surface area (Å²) in [4.78, 5) is 12.0. The standard InChI is InChI=1S/C15H10F4INO/c1-8-2-3-12(7-13(8)20)21-14(22)9-4-10(15(17,18)19)6-11(16)5-9/h2-7H,1H3,(H,21,22). The number of carbonyl (C=O) groups is 1. The highest BCUT2D eigenvalue weighted by Gasteiger charge is 2.32. The van der Waals surface area contributed by atoms with Gasteiger partial charge < -0.3 is 5.32 Å². The summed E-state index contributed by atoms with van der Waals surface area (Å²) < 4.78 is 52.1. The number of nitrogens with one attached hydrogen (secondary N) is 1. The Morgan fingerprint density at radius 2 is 1.82 bits per heavy atom. The largest absolute Gasteiger partial charge is 0.416 e. The van der Waals surface area contributed by atoms with Gasteiger partial charge in [-0.05, 0) is 65.4 Å². The molecule has 116 valence electrons. The van der Waals surface area contributed by atoms with Crippen molar-refractivity contribution in [3.8, 4) is 0 Å². The third kappa shape index (κ3) is 3.96. The van der Waals surface area contributed by atoms with E-state index in [4.69, 9.17) is 0 Å². The van der Waals surface area contributed by atoms with Gasteiger partial charge in [-0.1, -0.05) is 6.07 Å². The molecule has 7 heteroatoms. The van der Waals surface area contributed by atoms with Gasteiger partial charge in [0.05, 0.1) is 5.56 Å². The van der Waals surface area contributed by atoms with E-state index in [0.717, 1.165) is 15.2 Å². The van der Waals surface area contributed by atoms with Crippen LogP contribution < -0.4 is 5.32 Å².